The second kappa shape index (κ2) is 8.48. The van der Waals surface area contributed by atoms with E-state index in [1.807, 2.05) is 13.0 Å². The van der Waals surface area contributed by atoms with Crippen LogP contribution in [0.1, 0.15) is 64.1 Å². The summed E-state index contributed by atoms with van der Waals surface area (Å²) in [5.41, 5.74) is 4.48. The van der Waals surface area contributed by atoms with E-state index in [4.69, 9.17) is 4.98 Å². The number of ether oxygens (including phenoxy) is 1. The van der Waals surface area contributed by atoms with Crippen molar-refractivity contribution in [2.75, 3.05) is 5.32 Å². The van der Waals surface area contributed by atoms with Gasteiger partial charge in [0, 0.05) is 11.7 Å². The molecule has 1 fully saturated rings. The molecule has 1 aliphatic carbocycles. The minimum absolute atomic E-state index is 0.0679. The van der Waals surface area contributed by atoms with Crippen LogP contribution in [0.25, 0.3) is 11.0 Å². The summed E-state index contributed by atoms with van der Waals surface area (Å²) in [5, 5.41) is 13.1. The summed E-state index contributed by atoms with van der Waals surface area (Å²) in [4.78, 5) is 4.84. The number of imidazole rings is 1. The van der Waals surface area contributed by atoms with Gasteiger partial charge in [0.15, 0.2) is 0 Å². The smallest absolute Gasteiger partial charge is 0.406 e. The lowest BCUT2D eigenvalue weighted by Gasteiger charge is -2.45. The Morgan fingerprint density at radius 2 is 1.71 bits per heavy atom. The Hall–Kier alpha value is -2.74. The molecular formula is C26H32F3N3O2. The second-order valence-corrected chi connectivity index (χ2v) is 11.0. The van der Waals surface area contributed by atoms with Crippen molar-refractivity contribution < 1.29 is 23.0 Å². The van der Waals surface area contributed by atoms with Crippen molar-refractivity contribution >= 4 is 22.7 Å². The maximum absolute atomic E-state index is 12.5. The SMILES string of the molecule is Cc1cc2c(cc1CO)nc(Nc1ccc(OC(F)(F)F)cc1)n2C1CC(C)(C)CC(C)(C)C1. The van der Waals surface area contributed by atoms with Gasteiger partial charge in [0.1, 0.15) is 5.75 Å². The number of alkyl halides is 3. The van der Waals surface area contributed by atoms with Gasteiger partial charge in [-0.1, -0.05) is 27.7 Å². The third-order valence-corrected chi connectivity index (χ3v) is 6.56. The third kappa shape index (κ3) is 5.32. The van der Waals surface area contributed by atoms with Crippen LogP contribution in [0.4, 0.5) is 24.8 Å². The summed E-state index contributed by atoms with van der Waals surface area (Å²) >= 11 is 0. The predicted molar refractivity (Wildman–Crippen MR) is 127 cm³/mol. The highest BCUT2D eigenvalue weighted by atomic mass is 19.4. The first-order chi connectivity index (χ1) is 15.8. The van der Waals surface area contributed by atoms with Crippen molar-refractivity contribution in [2.45, 2.75) is 72.9 Å². The number of halogens is 3. The van der Waals surface area contributed by atoms with Crippen molar-refractivity contribution in [1.29, 1.82) is 0 Å². The number of fused-ring (bicyclic) bond motifs is 1. The fourth-order valence-corrected chi connectivity index (χ4v) is 5.76. The number of aryl methyl sites for hydroxylation is 1. The lowest BCUT2D eigenvalue weighted by Crippen LogP contribution is -2.35. The van der Waals surface area contributed by atoms with Gasteiger partial charge in [-0.25, -0.2) is 4.98 Å². The molecule has 0 unspecified atom stereocenters. The zero-order chi connectivity index (χ0) is 24.9. The fraction of sp³-hybridized carbons (Fsp3) is 0.500. The molecule has 0 radical (unpaired) electrons. The topological polar surface area (TPSA) is 59.3 Å². The van der Waals surface area contributed by atoms with Gasteiger partial charge < -0.3 is 19.7 Å². The van der Waals surface area contributed by atoms with Crippen molar-refractivity contribution in [3.63, 3.8) is 0 Å². The highest BCUT2D eigenvalue weighted by Crippen LogP contribution is 2.51. The molecule has 1 saturated carbocycles. The van der Waals surface area contributed by atoms with E-state index in [2.05, 4.69) is 48.4 Å². The van der Waals surface area contributed by atoms with E-state index < -0.39 is 6.36 Å². The molecule has 5 nitrogen and oxygen atoms in total. The highest BCUT2D eigenvalue weighted by molar-refractivity contribution is 5.81. The van der Waals surface area contributed by atoms with Crippen LogP contribution in [0.15, 0.2) is 36.4 Å². The van der Waals surface area contributed by atoms with Gasteiger partial charge in [-0.2, -0.15) is 0 Å². The molecule has 3 aromatic rings. The molecule has 1 aliphatic rings. The largest absolute Gasteiger partial charge is 0.573 e. The van der Waals surface area contributed by atoms with Crippen LogP contribution in [0, 0.1) is 17.8 Å². The maximum atomic E-state index is 12.5. The molecular weight excluding hydrogens is 443 g/mol. The van der Waals surface area contributed by atoms with Crippen molar-refractivity contribution in [1.82, 2.24) is 9.55 Å². The summed E-state index contributed by atoms with van der Waals surface area (Å²) in [6, 6.07) is 9.82. The monoisotopic (exact) mass is 475 g/mol. The van der Waals surface area contributed by atoms with E-state index in [9.17, 15) is 18.3 Å². The quantitative estimate of drug-likeness (QED) is 0.408. The van der Waals surface area contributed by atoms with Gasteiger partial charge in [-0.3, -0.25) is 0 Å². The van der Waals surface area contributed by atoms with E-state index in [-0.39, 0.29) is 29.2 Å². The molecule has 2 aromatic carbocycles. The van der Waals surface area contributed by atoms with Gasteiger partial charge in [-0.15, -0.1) is 13.2 Å². The number of aromatic nitrogens is 2. The van der Waals surface area contributed by atoms with Crippen LogP contribution in [-0.4, -0.2) is 21.0 Å². The van der Waals surface area contributed by atoms with E-state index in [1.54, 1.807) is 12.1 Å². The first-order valence-electron chi connectivity index (χ1n) is 11.5. The third-order valence-electron chi connectivity index (χ3n) is 6.56. The Morgan fingerprint density at radius 1 is 1.09 bits per heavy atom. The van der Waals surface area contributed by atoms with Crippen molar-refractivity contribution in [2.24, 2.45) is 10.8 Å². The molecule has 184 valence electrons. The molecule has 0 bridgehead atoms. The lowest BCUT2D eigenvalue weighted by atomic mass is 9.63. The van der Waals surface area contributed by atoms with E-state index in [0.29, 0.717) is 11.6 Å². The Balaban J connectivity index is 1.77. The van der Waals surface area contributed by atoms with Crippen LogP contribution in [0.2, 0.25) is 0 Å². The molecule has 4 rings (SSSR count). The number of nitrogens with zero attached hydrogens (tertiary/aromatic N) is 2. The Morgan fingerprint density at radius 3 is 2.26 bits per heavy atom. The number of aliphatic hydroxyl groups is 1. The van der Waals surface area contributed by atoms with Crippen LogP contribution in [-0.2, 0) is 6.61 Å². The summed E-state index contributed by atoms with van der Waals surface area (Å²) < 4.78 is 43.8. The molecule has 0 aliphatic heterocycles. The molecule has 2 N–H and O–H groups in total. The van der Waals surface area contributed by atoms with Crippen LogP contribution in [0.5, 0.6) is 5.75 Å². The Bertz CT molecular complexity index is 1160. The van der Waals surface area contributed by atoms with Gasteiger partial charge in [-0.05, 0) is 84.5 Å². The Kier molecular flexibility index (Phi) is 6.09. The van der Waals surface area contributed by atoms with Crippen LogP contribution < -0.4 is 10.1 Å². The molecule has 0 saturated heterocycles. The van der Waals surface area contributed by atoms with E-state index in [0.717, 1.165) is 41.4 Å². The molecule has 0 amide bonds. The number of hydrogen-bond acceptors (Lipinski definition) is 4. The molecule has 8 heteroatoms. The number of aliphatic hydroxyl groups excluding tert-OH is 1. The molecule has 1 heterocycles. The summed E-state index contributed by atoms with van der Waals surface area (Å²) in [6.45, 7) is 11.1. The van der Waals surface area contributed by atoms with Gasteiger partial charge in [0.25, 0.3) is 0 Å². The van der Waals surface area contributed by atoms with Gasteiger partial charge in [0.2, 0.25) is 5.95 Å². The maximum Gasteiger partial charge on any atom is 0.573 e. The van der Waals surface area contributed by atoms with Gasteiger partial charge in [0.05, 0.1) is 17.6 Å². The molecule has 0 atom stereocenters. The standard InChI is InChI=1S/C26H32F3N3O2/c1-16-10-22-21(11-17(16)14-33)31-23(30-18-6-8-20(9-7-18)34-26(27,28)29)32(22)19-12-24(2,3)15-25(4,5)13-19/h6-11,19,33H,12-15H2,1-5H3,(H,30,31). The Labute approximate surface area is 198 Å². The minimum Gasteiger partial charge on any atom is -0.406 e. The van der Waals surface area contributed by atoms with E-state index in [1.165, 1.54) is 12.1 Å². The number of benzene rings is 2. The zero-order valence-corrected chi connectivity index (χ0v) is 20.3. The van der Waals surface area contributed by atoms with Crippen molar-refractivity contribution in [3.8, 4) is 5.75 Å². The van der Waals surface area contributed by atoms with Crippen molar-refractivity contribution in [3.05, 3.63) is 47.5 Å². The number of nitrogens with one attached hydrogen (secondary N) is 1. The van der Waals surface area contributed by atoms with Crippen LogP contribution in [0.3, 0.4) is 0 Å². The number of anilines is 2. The number of hydrogen-bond donors (Lipinski definition) is 2. The van der Waals surface area contributed by atoms with E-state index >= 15 is 0 Å². The minimum atomic E-state index is -4.73. The zero-order valence-electron chi connectivity index (χ0n) is 20.3. The average molecular weight is 476 g/mol. The van der Waals surface area contributed by atoms with Gasteiger partial charge >= 0.3 is 6.36 Å². The number of rotatable bonds is 5. The fourth-order valence-electron chi connectivity index (χ4n) is 5.76. The molecule has 34 heavy (non-hydrogen) atoms. The first-order valence-corrected chi connectivity index (χ1v) is 11.5. The average Bonchev–Trinajstić information content (AvgIpc) is 3.02. The van der Waals surface area contributed by atoms with Crippen LogP contribution >= 0.6 is 0 Å². The summed E-state index contributed by atoms with van der Waals surface area (Å²) in [6.07, 6.45) is -1.64. The second-order valence-electron chi connectivity index (χ2n) is 11.0. The lowest BCUT2D eigenvalue weighted by molar-refractivity contribution is -0.274. The normalized spacial score (nSPS) is 18.3. The highest BCUT2D eigenvalue weighted by Gasteiger charge is 2.40. The predicted octanol–water partition coefficient (Wildman–Crippen LogP) is 7.26. The molecule has 0 spiro atoms. The molecule has 1 aromatic heterocycles. The summed E-state index contributed by atoms with van der Waals surface area (Å²) in [5.74, 6) is 0.359. The summed E-state index contributed by atoms with van der Waals surface area (Å²) in [7, 11) is 0. The first kappa shape index (κ1) is 24.4.